The van der Waals surface area contributed by atoms with Gasteiger partial charge in [-0.05, 0) is 81.9 Å². The molecule has 0 atom stereocenters. The average Bonchev–Trinajstić information content (AvgIpc) is 3.58. The molecular formula is C45H29N3S. The van der Waals surface area contributed by atoms with Crippen LogP contribution in [0.1, 0.15) is 0 Å². The van der Waals surface area contributed by atoms with E-state index in [1.807, 2.05) is 47.9 Å². The Morgan fingerprint density at radius 3 is 1.78 bits per heavy atom. The molecule has 0 saturated heterocycles. The van der Waals surface area contributed by atoms with Crippen molar-refractivity contribution in [3.63, 3.8) is 0 Å². The van der Waals surface area contributed by atoms with Crippen LogP contribution in [0.15, 0.2) is 176 Å². The standard InChI is InChI=1S/C45H29N3S/c1-3-12-30(13-4-1)32-16-9-17-33(24-32)35-25-36(38-20-10-21-40-39-19-7-8-22-43(39)49-44(38)40)27-37(26-35)42-28-41(34-18-11-23-46-29-34)47-45(48-42)31-14-5-2-6-15-31/h1-29H. The number of hydrogen-bond acceptors (Lipinski definition) is 4. The third-order valence-electron chi connectivity index (χ3n) is 8.96. The summed E-state index contributed by atoms with van der Waals surface area (Å²) in [6.07, 6.45) is 3.65. The van der Waals surface area contributed by atoms with Gasteiger partial charge < -0.3 is 0 Å². The first-order chi connectivity index (χ1) is 24.3. The van der Waals surface area contributed by atoms with Crippen molar-refractivity contribution < 1.29 is 0 Å². The maximum atomic E-state index is 5.20. The predicted molar refractivity (Wildman–Crippen MR) is 205 cm³/mol. The summed E-state index contributed by atoms with van der Waals surface area (Å²) in [5.74, 6) is 0.682. The fraction of sp³-hybridized carbons (Fsp3) is 0. The SMILES string of the molecule is c1ccc(-c2cccc(-c3cc(-c4cc(-c5cccnc5)nc(-c5ccccc5)n4)cc(-c4cccc5c4sc4ccccc45)c3)c2)cc1. The normalized spacial score (nSPS) is 11.3. The van der Waals surface area contributed by atoms with Crippen LogP contribution in [0.4, 0.5) is 0 Å². The van der Waals surface area contributed by atoms with Gasteiger partial charge in [0.2, 0.25) is 0 Å². The number of benzene rings is 6. The van der Waals surface area contributed by atoms with E-state index < -0.39 is 0 Å². The number of pyridine rings is 1. The van der Waals surface area contributed by atoms with E-state index in [1.165, 1.54) is 36.9 Å². The van der Waals surface area contributed by atoms with E-state index in [1.54, 1.807) is 6.20 Å². The zero-order valence-corrected chi connectivity index (χ0v) is 27.3. The highest BCUT2D eigenvalue weighted by Crippen LogP contribution is 2.42. The van der Waals surface area contributed by atoms with Crippen LogP contribution < -0.4 is 0 Å². The minimum atomic E-state index is 0.682. The van der Waals surface area contributed by atoms with E-state index >= 15 is 0 Å². The highest BCUT2D eigenvalue weighted by Gasteiger charge is 2.16. The Morgan fingerprint density at radius 1 is 0.388 bits per heavy atom. The molecule has 0 aliphatic heterocycles. The van der Waals surface area contributed by atoms with Gasteiger partial charge in [0.05, 0.1) is 11.4 Å². The molecule has 9 rings (SSSR count). The molecule has 49 heavy (non-hydrogen) atoms. The Balaban J connectivity index is 1.29. The van der Waals surface area contributed by atoms with Crippen LogP contribution >= 0.6 is 11.3 Å². The smallest absolute Gasteiger partial charge is 0.160 e. The summed E-state index contributed by atoms with van der Waals surface area (Å²) in [5.41, 5.74) is 11.7. The first-order valence-electron chi connectivity index (χ1n) is 16.3. The Labute approximate surface area is 288 Å². The van der Waals surface area contributed by atoms with Crippen molar-refractivity contribution >= 4 is 31.5 Å². The summed E-state index contributed by atoms with van der Waals surface area (Å²) in [7, 11) is 0. The van der Waals surface area contributed by atoms with Crippen molar-refractivity contribution in [1.82, 2.24) is 15.0 Å². The second kappa shape index (κ2) is 12.4. The van der Waals surface area contributed by atoms with Crippen molar-refractivity contribution in [2.45, 2.75) is 0 Å². The van der Waals surface area contributed by atoms with Crippen LogP contribution in [-0.2, 0) is 0 Å². The molecule has 0 aliphatic rings. The highest BCUT2D eigenvalue weighted by molar-refractivity contribution is 7.26. The van der Waals surface area contributed by atoms with Crippen LogP contribution in [0.2, 0.25) is 0 Å². The molecule has 9 aromatic rings. The van der Waals surface area contributed by atoms with Gasteiger partial charge in [0.25, 0.3) is 0 Å². The highest BCUT2D eigenvalue weighted by atomic mass is 32.1. The Morgan fingerprint density at radius 2 is 0.980 bits per heavy atom. The van der Waals surface area contributed by atoms with Crippen molar-refractivity contribution in [2.75, 3.05) is 0 Å². The van der Waals surface area contributed by atoms with E-state index in [-0.39, 0.29) is 0 Å². The predicted octanol–water partition coefficient (Wildman–Crippen LogP) is 12.2. The van der Waals surface area contributed by atoms with Crippen molar-refractivity contribution in [3.8, 4) is 67.3 Å². The lowest BCUT2D eigenvalue weighted by molar-refractivity contribution is 1.18. The molecule has 0 aliphatic carbocycles. The fourth-order valence-electron chi connectivity index (χ4n) is 6.55. The Bertz CT molecular complexity index is 2540. The third kappa shape index (κ3) is 5.58. The minimum absolute atomic E-state index is 0.682. The zero-order chi connectivity index (χ0) is 32.6. The van der Waals surface area contributed by atoms with Crippen molar-refractivity contribution in [3.05, 3.63) is 176 Å². The van der Waals surface area contributed by atoms with Gasteiger partial charge in [-0.1, -0.05) is 115 Å². The number of aromatic nitrogens is 3. The van der Waals surface area contributed by atoms with Crippen LogP contribution in [-0.4, -0.2) is 15.0 Å². The molecular weight excluding hydrogens is 615 g/mol. The molecule has 0 bridgehead atoms. The van der Waals surface area contributed by atoms with E-state index in [0.717, 1.165) is 44.8 Å². The van der Waals surface area contributed by atoms with Crippen molar-refractivity contribution in [1.29, 1.82) is 0 Å². The third-order valence-corrected chi connectivity index (χ3v) is 10.2. The molecule has 0 N–H and O–H groups in total. The Kier molecular flexibility index (Phi) is 7.34. The molecule has 0 fully saturated rings. The summed E-state index contributed by atoms with van der Waals surface area (Å²) in [6.45, 7) is 0. The summed E-state index contributed by atoms with van der Waals surface area (Å²) in [4.78, 5) is 14.6. The van der Waals surface area contributed by atoms with Crippen LogP contribution in [0.5, 0.6) is 0 Å². The summed E-state index contributed by atoms with van der Waals surface area (Å²) in [6, 6.07) is 57.9. The summed E-state index contributed by atoms with van der Waals surface area (Å²) < 4.78 is 2.58. The van der Waals surface area contributed by atoms with Crippen LogP contribution in [0, 0.1) is 0 Å². The molecule has 0 spiro atoms. The van der Waals surface area contributed by atoms with Gasteiger partial charge in [-0.2, -0.15) is 0 Å². The molecule has 4 heteroatoms. The van der Waals surface area contributed by atoms with E-state index in [9.17, 15) is 0 Å². The fourth-order valence-corrected chi connectivity index (χ4v) is 7.79. The average molecular weight is 644 g/mol. The molecule has 3 aromatic heterocycles. The molecule has 0 radical (unpaired) electrons. The van der Waals surface area contributed by atoms with Crippen molar-refractivity contribution in [2.24, 2.45) is 0 Å². The summed E-state index contributed by atoms with van der Waals surface area (Å²) in [5, 5.41) is 2.57. The zero-order valence-electron chi connectivity index (χ0n) is 26.5. The molecule has 0 amide bonds. The van der Waals surface area contributed by atoms with Gasteiger partial charge >= 0.3 is 0 Å². The quantitative estimate of drug-likeness (QED) is 0.181. The van der Waals surface area contributed by atoms with Crippen LogP contribution in [0.3, 0.4) is 0 Å². The van der Waals surface area contributed by atoms with Crippen LogP contribution in [0.25, 0.3) is 87.5 Å². The van der Waals surface area contributed by atoms with Gasteiger partial charge in [0.1, 0.15) is 0 Å². The first kappa shape index (κ1) is 29.0. The maximum absolute atomic E-state index is 5.20. The molecule has 0 saturated carbocycles. The van der Waals surface area contributed by atoms with E-state index in [2.05, 4.69) is 138 Å². The number of rotatable bonds is 6. The number of hydrogen-bond donors (Lipinski definition) is 0. The molecule has 6 aromatic carbocycles. The lowest BCUT2D eigenvalue weighted by Crippen LogP contribution is -1.96. The lowest BCUT2D eigenvalue weighted by atomic mass is 9.92. The maximum Gasteiger partial charge on any atom is 0.160 e. The summed E-state index contributed by atoms with van der Waals surface area (Å²) >= 11 is 1.85. The number of nitrogens with zero attached hydrogens (tertiary/aromatic N) is 3. The lowest BCUT2D eigenvalue weighted by Gasteiger charge is -2.14. The Hall–Kier alpha value is -6.23. The molecule has 3 heterocycles. The largest absolute Gasteiger partial charge is 0.264 e. The first-order valence-corrected chi connectivity index (χ1v) is 17.2. The van der Waals surface area contributed by atoms with Gasteiger partial charge in [-0.15, -0.1) is 11.3 Å². The number of thiophene rings is 1. The topological polar surface area (TPSA) is 38.7 Å². The van der Waals surface area contributed by atoms with Gasteiger partial charge in [0.15, 0.2) is 5.82 Å². The van der Waals surface area contributed by atoms with E-state index in [0.29, 0.717) is 5.82 Å². The number of fused-ring (bicyclic) bond motifs is 3. The minimum Gasteiger partial charge on any atom is -0.264 e. The second-order valence-electron chi connectivity index (χ2n) is 12.1. The molecule has 230 valence electrons. The molecule has 0 unspecified atom stereocenters. The molecule has 3 nitrogen and oxygen atoms in total. The van der Waals surface area contributed by atoms with Gasteiger partial charge in [-0.3, -0.25) is 4.98 Å². The second-order valence-corrected chi connectivity index (χ2v) is 13.1. The monoisotopic (exact) mass is 643 g/mol. The van der Waals surface area contributed by atoms with Gasteiger partial charge in [-0.25, -0.2) is 9.97 Å². The van der Waals surface area contributed by atoms with Gasteiger partial charge in [0, 0.05) is 49.3 Å². The van der Waals surface area contributed by atoms with E-state index in [4.69, 9.17) is 9.97 Å².